The fraction of sp³-hybridized carbons (Fsp3) is 0.263. The molecule has 6 heteroatoms. The number of carbonyl (C=O) groups excluding carboxylic acids is 1. The van der Waals surface area contributed by atoms with Gasteiger partial charge in [-0.25, -0.2) is 18.2 Å². The molecule has 0 bridgehead atoms. The molecule has 0 saturated heterocycles. The Morgan fingerprint density at radius 3 is 2.48 bits per heavy atom. The minimum Gasteiger partial charge on any atom is -0.350 e. The lowest BCUT2D eigenvalue weighted by molar-refractivity contribution is 0.0929. The normalized spacial score (nSPS) is 10.8. The second kappa shape index (κ2) is 7.39. The maximum atomic E-state index is 14.1. The second-order valence-electron chi connectivity index (χ2n) is 6.67. The molecule has 0 aliphatic heterocycles. The van der Waals surface area contributed by atoms with Crippen molar-refractivity contribution in [2.45, 2.75) is 20.8 Å². The number of aromatic nitrogens is 1. The lowest BCUT2D eigenvalue weighted by Gasteiger charge is -2.18. The highest BCUT2D eigenvalue weighted by molar-refractivity contribution is 5.92. The molecule has 1 aromatic carbocycles. The van der Waals surface area contributed by atoms with Gasteiger partial charge in [-0.05, 0) is 29.7 Å². The van der Waals surface area contributed by atoms with Gasteiger partial charge in [0.05, 0.1) is 5.56 Å². The third kappa shape index (κ3) is 5.35. The lowest BCUT2D eigenvalue weighted by atomic mass is 9.97. The van der Waals surface area contributed by atoms with Crippen molar-refractivity contribution in [3.05, 3.63) is 64.7 Å². The zero-order chi connectivity index (χ0) is 18.6. The fourth-order valence-corrected chi connectivity index (χ4v) is 1.84. The molecule has 1 amide bonds. The van der Waals surface area contributed by atoms with Gasteiger partial charge in [0, 0.05) is 18.3 Å². The maximum absolute atomic E-state index is 14.1. The maximum Gasteiger partial charge on any atom is 0.272 e. The van der Waals surface area contributed by atoms with Crippen LogP contribution in [0.15, 0.2) is 30.5 Å². The summed E-state index contributed by atoms with van der Waals surface area (Å²) >= 11 is 0. The second-order valence-corrected chi connectivity index (χ2v) is 6.67. The molecule has 25 heavy (non-hydrogen) atoms. The van der Waals surface area contributed by atoms with Crippen molar-refractivity contribution in [3.8, 4) is 11.8 Å². The van der Waals surface area contributed by atoms with Gasteiger partial charge in [0.1, 0.15) is 11.6 Å². The molecule has 0 unspecified atom stereocenters. The molecular weight excluding hydrogens is 329 g/mol. The molecule has 2 rings (SSSR count). The van der Waals surface area contributed by atoms with Crippen LogP contribution in [0, 0.1) is 34.7 Å². The van der Waals surface area contributed by atoms with Gasteiger partial charge in [0.15, 0.2) is 11.5 Å². The topological polar surface area (TPSA) is 42.0 Å². The van der Waals surface area contributed by atoms with E-state index in [1.165, 1.54) is 6.20 Å². The first kappa shape index (κ1) is 18.5. The minimum atomic E-state index is -0.835. The molecule has 0 fully saturated rings. The van der Waals surface area contributed by atoms with Crippen molar-refractivity contribution in [2.24, 2.45) is 5.41 Å². The van der Waals surface area contributed by atoms with Gasteiger partial charge in [0.2, 0.25) is 0 Å². The van der Waals surface area contributed by atoms with Gasteiger partial charge < -0.3 is 5.32 Å². The Balaban J connectivity index is 2.19. The zero-order valence-corrected chi connectivity index (χ0v) is 14.1. The van der Waals surface area contributed by atoms with E-state index >= 15 is 0 Å². The summed E-state index contributed by atoms with van der Waals surface area (Å²) in [5.74, 6) is 2.16. The van der Waals surface area contributed by atoms with E-state index in [2.05, 4.69) is 22.1 Å². The molecular formula is C19H17F3N2O. The Hall–Kier alpha value is -2.81. The van der Waals surface area contributed by atoms with E-state index in [1.807, 2.05) is 20.8 Å². The average Bonchev–Trinajstić information content (AvgIpc) is 2.53. The third-order valence-corrected chi connectivity index (χ3v) is 3.11. The smallest absolute Gasteiger partial charge is 0.272 e. The molecule has 0 aliphatic carbocycles. The molecule has 0 radical (unpaired) electrons. The van der Waals surface area contributed by atoms with E-state index in [9.17, 15) is 18.0 Å². The van der Waals surface area contributed by atoms with Crippen LogP contribution in [0.3, 0.4) is 0 Å². The Labute approximate surface area is 144 Å². The van der Waals surface area contributed by atoms with Crippen LogP contribution >= 0.6 is 0 Å². The number of nitrogens with zero attached hydrogens (tertiary/aromatic N) is 1. The number of amides is 1. The van der Waals surface area contributed by atoms with Gasteiger partial charge in [0.25, 0.3) is 5.91 Å². The number of pyridine rings is 1. The predicted octanol–water partition coefficient (Wildman–Crippen LogP) is 3.67. The largest absolute Gasteiger partial charge is 0.350 e. The summed E-state index contributed by atoms with van der Waals surface area (Å²) in [6.07, 6.45) is 1.21. The Kier molecular flexibility index (Phi) is 5.48. The monoisotopic (exact) mass is 346 g/mol. The summed E-state index contributed by atoms with van der Waals surface area (Å²) in [6, 6.07) is 3.91. The summed E-state index contributed by atoms with van der Waals surface area (Å²) in [5, 5.41) is 2.60. The first-order valence-corrected chi connectivity index (χ1v) is 7.56. The number of halogens is 3. The first-order valence-electron chi connectivity index (χ1n) is 7.56. The van der Waals surface area contributed by atoms with Crippen molar-refractivity contribution in [1.82, 2.24) is 10.3 Å². The van der Waals surface area contributed by atoms with Gasteiger partial charge in [-0.15, -0.1) is 0 Å². The van der Waals surface area contributed by atoms with Crippen molar-refractivity contribution < 1.29 is 18.0 Å². The number of rotatable bonds is 2. The van der Waals surface area contributed by atoms with Crippen molar-refractivity contribution >= 4 is 5.91 Å². The predicted molar refractivity (Wildman–Crippen MR) is 88.3 cm³/mol. The van der Waals surface area contributed by atoms with E-state index in [1.54, 1.807) is 0 Å². The highest BCUT2D eigenvalue weighted by Gasteiger charge is 2.17. The van der Waals surface area contributed by atoms with E-state index in [4.69, 9.17) is 0 Å². The standard InChI is InChI=1S/C19H17F3N2O/c1-19(2,3)11-24-18(25)17-16(22)8-12(10-23-17)4-5-13-9-14(20)6-7-15(13)21/h6-10H,11H2,1-3H3,(H,24,25). The lowest BCUT2D eigenvalue weighted by Crippen LogP contribution is -2.33. The van der Waals surface area contributed by atoms with Crippen LogP contribution in [-0.4, -0.2) is 17.4 Å². The summed E-state index contributed by atoms with van der Waals surface area (Å²) in [5.41, 5.74) is -0.486. The molecule has 1 N–H and O–H groups in total. The molecule has 3 nitrogen and oxygen atoms in total. The van der Waals surface area contributed by atoms with E-state index in [0.29, 0.717) is 6.54 Å². The fourth-order valence-electron chi connectivity index (χ4n) is 1.84. The van der Waals surface area contributed by atoms with Crippen LogP contribution in [-0.2, 0) is 0 Å². The van der Waals surface area contributed by atoms with E-state index in [0.717, 1.165) is 24.3 Å². The molecule has 0 aliphatic rings. The van der Waals surface area contributed by atoms with Crippen LogP contribution in [0.5, 0.6) is 0 Å². The molecule has 1 aromatic heterocycles. The number of hydrogen-bond acceptors (Lipinski definition) is 2. The number of benzene rings is 1. The minimum absolute atomic E-state index is 0.146. The highest BCUT2D eigenvalue weighted by Crippen LogP contribution is 2.12. The van der Waals surface area contributed by atoms with Crippen LogP contribution in [0.1, 0.15) is 42.4 Å². The molecule has 0 saturated carbocycles. The van der Waals surface area contributed by atoms with Crippen molar-refractivity contribution in [3.63, 3.8) is 0 Å². The molecule has 0 atom stereocenters. The van der Waals surface area contributed by atoms with Gasteiger partial charge in [-0.2, -0.15) is 0 Å². The van der Waals surface area contributed by atoms with Crippen LogP contribution in [0.2, 0.25) is 0 Å². The van der Waals surface area contributed by atoms with Gasteiger partial charge in [-0.3, -0.25) is 4.79 Å². The van der Waals surface area contributed by atoms with Crippen molar-refractivity contribution in [2.75, 3.05) is 6.54 Å². The SMILES string of the molecule is CC(C)(C)CNC(=O)c1ncc(C#Cc2cc(F)ccc2F)cc1F. The first-order chi connectivity index (χ1) is 11.7. The van der Waals surface area contributed by atoms with Gasteiger partial charge in [-0.1, -0.05) is 32.6 Å². The quantitative estimate of drug-likeness (QED) is 0.843. The van der Waals surface area contributed by atoms with Crippen LogP contribution < -0.4 is 5.32 Å². The third-order valence-electron chi connectivity index (χ3n) is 3.11. The Bertz CT molecular complexity index is 861. The molecule has 0 spiro atoms. The number of carbonyl (C=O) groups is 1. The Morgan fingerprint density at radius 1 is 1.12 bits per heavy atom. The summed E-state index contributed by atoms with van der Waals surface area (Å²) in [6.45, 7) is 6.16. The summed E-state index contributed by atoms with van der Waals surface area (Å²) < 4.78 is 40.6. The summed E-state index contributed by atoms with van der Waals surface area (Å²) in [7, 11) is 0. The summed E-state index contributed by atoms with van der Waals surface area (Å²) in [4.78, 5) is 15.7. The van der Waals surface area contributed by atoms with Crippen LogP contribution in [0.4, 0.5) is 13.2 Å². The highest BCUT2D eigenvalue weighted by atomic mass is 19.1. The van der Waals surface area contributed by atoms with E-state index < -0.39 is 23.4 Å². The van der Waals surface area contributed by atoms with Crippen molar-refractivity contribution in [1.29, 1.82) is 0 Å². The molecule has 2 aromatic rings. The number of hydrogen-bond donors (Lipinski definition) is 1. The van der Waals surface area contributed by atoms with Gasteiger partial charge >= 0.3 is 0 Å². The van der Waals surface area contributed by atoms with Crippen LogP contribution in [0.25, 0.3) is 0 Å². The number of nitrogens with one attached hydrogen (secondary N) is 1. The average molecular weight is 346 g/mol. The van der Waals surface area contributed by atoms with E-state index in [-0.39, 0.29) is 22.2 Å². The zero-order valence-electron chi connectivity index (χ0n) is 14.1. The molecule has 130 valence electrons. The molecule has 1 heterocycles. The Morgan fingerprint density at radius 2 is 1.84 bits per heavy atom.